The van der Waals surface area contributed by atoms with Crippen molar-refractivity contribution in [1.82, 2.24) is 4.90 Å². The van der Waals surface area contributed by atoms with E-state index in [1.165, 1.54) is 12.1 Å². The van der Waals surface area contributed by atoms with Gasteiger partial charge in [0.2, 0.25) is 5.91 Å². The first-order chi connectivity index (χ1) is 11.6. The van der Waals surface area contributed by atoms with Crippen molar-refractivity contribution in [2.45, 2.75) is 4.21 Å². The zero-order valence-electron chi connectivity index (χ0n) is 13.0. The van der Waals surface area contributed by atoms with Crippen LogP contribution < -0.4 is 4.90 Å². The van der Waals surface area contributed by atoms with Gasteiger partial charge in [-0.25, -0.2) is 0 Å². The lowest BCUT2D eigenvalue weighted by atomic mass is 10.2. The van der Waals surface area contributed by atoms with Crippen LogP contribution in [0.1, 0.15) is 0 Å². The lowest BCUT2D eigenvalue weighted by molar-refractivity contribution is -0.384. The minimum Gasteiger partial charge on any atom is -0.368 e. The zero-order chi connectivity index (χ0) is 16.9. The number of carbonyl (C=O) groups is 1. The summed E-state index contributed by atoms with van der Waals surface area (Å²) in [5.41, 5.74) is 1.05. The highest BCUT2D eigenvalue weighted by Crippen LogP contribution is 2.24. The molecule has 1 fully saturated rings. The largest absolute Gasteiger partial charge is 0.368 e. The molecular weight excluding hydrogens is 346 g/mol. The van der Waals surface area contributed by atoms with Crippen LogP contribution >= 0.6 is 23.1 Å². The summed E-state index contributed by atoms with van der Waals surface area (Å²) >= 11 is 3.23. The van der Waals surface area contributed by atoms with Crippen LogP contribution in [0.5, 0.6) is 0 Å². The van der Waals surface area contributed by atoms with Crippen molar-refractivity contribution in [3.8, 4) is 0 Å². The summed E-state index contributed by atoms with van der Waals surface area (Å²) in [6, 6.07) is 10.6. The average molecular weight is 363 g/mol. The van der Waals surface area contributed by atoms with E-state index < -0.39 is 4.92 Å². The predicted octanol–water partition coefficient (Wildman–Crippen LogP) is 3.10. The lowest BCUT2D eigenvalue weighted by Gasteiger charge is -2.36. The SMILES string of the molecule is O=C(CSc1cccs1)N1CCN(c2ccc([N+](=O)[O-])cc2)CC1. The highest BCUT2D eigenvalue weighted by Gasteiger charge is 2.21. The van der Waals surface area contributed by atoms with Crippen LogP contribution in [-0.4, -0.2) is 47.7 Å². The Hall–Kier alpha value is -2.06. The second-order valence-electron chi connectivity index (χ2n) is 5.36. The molecule has 24 heavy (non-hydrogen) atoms. The van der Waals surface area contributed by atoms with Gasteiger partial charge in [-0.3, -0.25) is 14.9 Å². The van der Waals surface area contributed by atoms with Crippen molar-refractivity contribution in [1.29, 1.82) is 0 Å². The predicted molar refractivity (Wildman–Crippen MR) is 96.9 cm³/mol. The molecule has 0 aliphatic carbocycles. The molecule has 0 unspecified atom stereocenters. The highest BCUT2D eigenvalue weighted by molar-refractivity contribution is 8.01. The van der Waals surface area contributed by atoms with Crippen molar-refractivity contribution in [3.05, 3.63) is 51.9 Å². The van der Waals surface area contributed by atoms with Crippen LogP contribution in [0, 0.1) is 10.1 Å². The molecule has 1 aliphatic heterocycles. The first-order valence-corrected chi connectivity index (χ1v) is 9.43. The number of nitrogens with zero attached hydrogens (tertiary/aromatic N) is 3. The van der Waals surface area contributed by atoms with Crippen molar-refractivity contribution in [2.75, 3.05) is 36.8 Å². The zero-order valence-corrected chi connectivity index (χ0v) is 14.6. The molecule has 2 heterocycles. The Kier molecular flexibility index (Phi) is 5.37. The quantitative estimate of drug-likeness (QED) is 0.464. The van der Waals surface area contributed by atoms with E-state index in [4.69, 9.17) is 0 Å². The third-order valence-electron chi connectivity index (χ3n) is 3.89. The molecular formula is C16H17N3O3S2. The Morgan fingerprint density at radius 2 is 1.88 bits per heavy atom. The molecule has 0 N–H and O–H groups in total. The average Bonchev–Trinajstić information content (AvgIpc) is 3.13. The highest BCUT2D eigenvalue weighted by atomic mass is 32.2. The van der Waals surface area contributed by atoms with Gasteiger partial charge in [-0.1, -0.05) is 6.07 Å². The standard InChI is InChI=1S/C16H17N3O3S2/c20-15(12-24-16-2-1-11-23-16)18-9-7-17(8-10-18)13-3-5-14(6-4-13)19(21)22/h1-6,11H,7-10,12H2. The molecule has 126 valence electrons. The Morgan fingerprint density at radius 3 is 2.46 bits per heavy atom. The number of thioether (sulfide) groups is 1. The number of non-ortho nitro benzene ring substituents is 1. The fourth-order valence-corrected chi connectivity index (χ4v) is 4.26. The van der Waals surface area contributed by atoms with E-state index >= 15 is 0 Å². The third kappa shape index (κ3) is 4.07. The van der Waals surface area contributed by atoms with Gasteiger partial charge in [0, 0.05) is 44.0 Å². The van der Waals surface area contributed by atoms with E-state index in [1.807, 2.05) is 22.4 Å². The van der Waals surface area contributed by atoms with E-state index in [0.29, 0.717) is 18.8 Å². The van der Waals surface area contributed by atoms with Crippen molar-refractivity contribution in [3.63, 3.8) is 0 Å². The van der Waals surface area contributed by atoms with E-state index in [0.717, 1.165) is 23.0 Å². The molecule has 0 radical (unpaired) electrons. The maximum absolute atomic E-state index is 12.3. The smallest absolute Gasteiger partial charge is 0.269 e. The van der Waals surface area contributed by atoms with Crippen LogP contribution in [0.3, 0.4) is 0 Å². The number of hydrogen-bond acceptors (Lipinski definition) is 6. The van der Waals surface area contributed by atoms with E-state index in [2.05, 4.69) is 4.90 Å². The normalized spacial score (nSPS) is 14.7. The number of anilines is 1. The molecule has 2 aromatic rings. The number of carbonyl (C=O) groups excluding carboxylic acids is 1. The second-order valence-corrected chi connectivity index (χ2v) is 7.59. The Morgan fingerprint density at radius 1 is 1.17 bits per heavy atom. The number of amides is 1. The minimum atomic E-state index is -0.397. The van der Waals surface area contributed by atoms with Gasteiger partial charge in [-0.15, -0.1) is 23.1 Å². The fourth-order valence-electron chi connectivity index (χ4n) is 2.57. The van der Waals surface area contributed by atoms with Gasteiger partial charge in [0.15, 0.2) is 0 Å². The molecule has 6 nitrogen and oxygen atoms in total. The summed E-state index contributed by atoms with van der Waals surface area (Å²) in [6.45, 7) is 2.85. The molecule has 1 aromatic carbocycles. The molecule has 1 amide bonds. The van der Waals surface area contributed by atoms with Crippen LogP contribution in [-0.2, 0) is 4.79 Å². The maximum atomic E-state index is 12.3. The number of nitro benzene ring substituents is 1. The fraction of sp³-hybridized carbons (Fsp3) is 0.312. The molecule has 8 heteroatoms. The van der Waals surface area contributed by atoms with Gasteiger partial charge in [-0.05, 0) is 23.6 Å². The van der Waals surface area contributed by atoms with Gasteiger partial charge in [0.05, 0.1) is 14.9 Å². The van der Waals surface area contributed by atoms with Crippen LogP contribution in [0.2, 0.25) is 0 Å². The topological polar surface area (TPSA) is 66.7 Å². The molecule has 3 rings (SSSR count). The van der Waals surface area contributed by atoms with Crippen LogP contribution in [0.15, 0.2) is 46.0 Å². The second kappa shape index (κ2) is 7.67. The van der Waals surface area contributed by atoms with E-state index in [9.17, 15) is 14.9 Å². The van der Waals surface area contributed by atoms with Crippen molar-refractivity contribution in [2.24, 2.45) is 0 Å². The Bertz CT molecular complexity index is 696. The van der Waals surface area contributed by atoms with Gasteiger partial charge in [0.25, 0.3) is 5.69 Å². The van der Waals surface area contributed by atoms with Gasteiger partial charge < -0.3 is 9.80 Å². The summed E-state index contributed by atoms with van der Waals surface area (Å²) in [5.74, 6) is 0.634. The molecule has 1 aromatic heterocycles. The molecule has 0 atom stereocenters. The Balaban J connectivity index is 1.49. The lowest BCUT2D eigenvalue weighted by Crippen LogP contribution is -2.49. The Labute approximate surface area is 148 Å². The van der Waals surface area contributed by atoms with Crippen molar-refractivity contribution >= 4 is 40.4 Å². The molecule has 1 aliphatic rings. The van der Waals surface area contributed by atoms with Gasteiger partial charge in [0.1, 0.15) is 0 Å². The van der Waals surface area contributed by atoms with E-state index in [1.54, 1.807) is 35.2 Å². The first kappa shape index (κ1) is 16.8. The number of hydrogen-bond donors (Lipinski definition) is 0. The van der Waals surface area contributed by atoms with E-state index in [-0.39, 0.29) is 11.6 Å². The molecule has 0 spiro atoms. The van der Waals surface area contributed by atoms with Crippen LogP contribution in [0.4, 0.5) is 11.4 Å². The van der Waals surface area contributed by atoms with Crippen molar-refractivity contribution < 1.29 is 9.72 Å². The first-order valence-electron chi connectivity index (χ1n) is 7.57. The minimum absolute atomic E-state index is 0.0955. The van der Waals surface area contributed by atoms with Gasteiger partial charge in [-0.2, -0.15) is 0 Å². The monoisotopic (exact) mass is 363 g/mol. The summed E-state index contributed by atoms with van der Waals surface area (Å²) in [4.78, 5) is 26.6. The number of nitro groups is 1. The van der Waals surface area contributed by atoms with Gasteiger partial charge >= 0.3 is 0 Å². The summed E-state index contributed by atoms with van der Waals surface area (Å²) in [7, 11) is 0. The number of thiophene rings is 1. The summed E-state index contributed by atoms with van der Waals surface area (Å²) < 4.78 is 1.16. The van der Waals surface area contributed by atoms with Crippen LogP contribution in [0.25, 0.3) is 0 Å². The molecule has 0 bridgehead atoms. The third-order valence-corrected chi connectivity index (χ3v) is 6.01. The summed E-state index contributed by atoms with van der Waals surface area (Å²) in [5, 5.41) is 12.7. The maximum Gasteiger partial charge on any atom is 0.269 e. The number of piperazine rings is 1. The molecule has 1 saturated heterocycles. The number of benzene rings is 1. The molecule has 0 saturated carbocycles. The number of rotatable bonds is 5. The summed E-state index contributed by atoms with van der Waals surface area (Å²) in [6.07, 6.45) is 0.